The van der Waals surface area contributed by atoms with Crippen molar-refractivity contribution in [3.63, 3.8) is 0 Å². The molecule has 3 rings (SSSR count). The highest BCUT2D eigenvalue weighted by Crippen LogP contribution is 2.30. The maximum atomic E-state index is 13.6. The van der Waals surface area contributed by atoms with Gasteiger partial charge in [0, 0.05) is 11.6 Å². The minimum atomic E-state index is -4.40. The number of sulfonamides is 1. The van der Waals surface area contributed by atoms with Gasteiger partial charge in [0.15, 0.2) is 11.5 Å². The summed E-state index contributed by atoms with van der Waals surface area (Å²) >= 11 is 0. The fraction of sp³-hybridized carbons (Fsp3) is 0.259. The van der Waals surface area contributed by atoms with E-state index in [0.29, 0.717) is 41.6 Å². The van der Waals surface area contributed by atoms with Crippen LogP contribution in [0.5, 0.6) is 17.2 Å². The standard InChI is InChI=1S/C27H30N4O8S/c1-5-38-25-14-8-20(15-26(25)39-6-2)17-28-29-27(32)18-30(21-9-11-22(37-4)12-10-21)40(35,36)23-13-7-19(3)24(16-23)31(33)34/h7-17H,5-6,18H2,1-4H3,(H,29,32)/b28-17-. The van der Waals surface area contributed by atoms with E-state index < -0.39 is 27.4 Å². The van der Waals surface area contributed by atoms with Crippen molar-refractivity contribution in [1.29, 1.82) is 0 Å². The van der Waals surface area contributed by atoms with Gasteiger partial charge in [-0.25, -0.2) is 13.8 Å². The predicted octanol–water partition coefficient (Wildman–Crippen LogP) is 4.05. The molecule has 0 spiro atoms. The van der Waals surface area contributed by atoms with Gasteiger partial charge in [0.25, 0.3) is 21.6 Å². The molecular weight excluding hydrogens is 540 g/mol. The van der Waals surface area contributed by atoms with E-state index in [1.165, 1.54) is 56.6 Å². The molecule has 1 amide bonds. The number of rotatable bonds is 13. The molecule has 0 aliphatic rings. The molecule has 0 fully saturated rings. The summed E-state index contributed by atoms with van der Waals surface area (Å²) in [6, 6.07) is 14.7. The van der Waals surface area contributed by atoms with E-state index in [0.717, 1.165) is 10.4 Å². The summed E-state index contributed by atoms with van der Waals surface area (Å²) in [7, 11) is -2.94. The molecule has 0 unspecified atom stereocenters. The Morgan fingerprint density at radius 2 is 1.70 bits per heavy atom. The summed E-state index contributed by atoms with van der Waals surface area (Å²) in [5, 5.41) is 15.4. The second-order valence-corrected chi connectivity index (χ2v) is 10.1. The number of carbonyl (C=O) groups excluding carboxylic acids is 1. The molecule has 3 aromatic rings. The number of aryl methyl sites for hydroxylation is 1. The van der Waals surface area contributed by atoms with Crippen LogP contribution in [0.15, 0.2) is 70.7 Å². The van der Waals surface area contributed by atoms with Crippen LogP contribution in [0.4, 0.5) is 11.4 Å². The average Bonchev–Trinajstić information content (AvgIpc) is 2.93. The summed E-state index contributed by atoms with van der Waals surface area (Å²) in [5.41, 5.74) is 3.03. The molecule has 212 valence electrons. The van der Waals surface area contributed by atoms with Crippen LogP contribution < -0.4 is 23.9 Å². The Morgan fingerprint density at radius 1 is 1.02 bits per heavy atom. The molecule has 40 heavy (non-hydrogen) atoms. The van der Waals surface area contributed by atoms with E-state index in [1.54, 1.807) is 18.2 Å². The highest BCUT2D eigenvalue weighted by Gasteiger charge is 2.29. The van der Waals surface area contributed by atoms with Gasteiger partial charge in [-0.2, -0.15) is 5.10 Å². The van der Waals surface area contributed by atoms with Gasteiger partial charge in [0.2, 0.25) is 0 Å². The Morgan fingerprint density at radius 3 is 2.33 bits per heavy atom. The van der Waals surface area contributed by atoms with Crippen molar-refractivity contribution >= 4 is 33.5 Å². The molecule has 0 aromatic heterocycles. The van der Waals surface area contributed by atoms with Crippen LogP contribution in [-0.2, 0) is 14.8 Å². The summed E-state index contributed by atoms with van der Waals surface area (Å²) in [5.74, 6) is 0.821. The van der Waals surface area contributed by atoms with E-state index >= 15 is 0 Å². The number of nitrogens with one attached hydrogen (secondary N) is 1. The Balaban J connectivity index is 1.87. The molecule has 0 atom stereocenters. The van der Waals surface area contributed by atoms with Crippen molar-refractivity contribution in [2.24, 2.45) is 5.10 Å². The number of nitrogens with zero attached hydrogens (tertiary/aromatic N) is 3. The predicted molar refractivity (Wildman–Crippen MR) is 150 cm³/mol. The third kappa shape index (κ3) is 7.26. The molecule has 0 bridgehead atoms. The van der Waals surface area contributed by atoms with Gasteiger partial charge in [-0.15, -0.1) is 0 Å². The monoisotopic (exact) mass is 570 g/mol. The quantitative estimate of drug-likeness (QED) is 0.184. The van der Waals surface area contributed by atoms with Gasteiger partial charge in [-0.05, 0) is 74.9 Å². The number of hydrazone groups is 1. The fourth-order valence-corrected chi connectivity index (χ4v) is 5.07. The van der Waals surface area contributed by atoms with Crippen LogP contribution >= 0.6 is 0 Å². The number of benzene rings is 3. The number of anilines is 1. The molecule has 0 aliphatic carbocycles. The number of hydrogen-bond acceptors (Lipinski definition) is 9. The normalized spacial score (nSPS) is 11.2. The first-order valence-corrected chi connectivity index (χ1v) is 13.7. The van der Waals surface area contributed by atoms with Crippen LogP contribution in [0.2, 0.25) is 0 Å². The second kappa shape index (κ2) is 13.4. The fourth-order valence-electron chi connectivity index (χ4n) is 3.63. The Kier molecular flexibility index (Phi) is 10.0. The van der Waals surface area contributed by atoms with Gasteiger partial charge in [-0.1, -0.05) is 6.07 Å². The summed E-state index contributed by atoms with van der Waals surface area (Å²) in [4.78, 5) is 23.3. The highest BCUT2D eigenvalue weighted by molar-refractivity contribution is 7.92. The zero-order valence-corrected chi connectivity index (χ0v) is 23.3. The van der Waals surface area contributed by atoms with Crippen molar-refractivity contribution in [2.45, 2.75) is 25.7 Å². The van der Waals surface area contributed by atoms with Crippen molar-refractivity contribution in [3.05, 3.63) is 81.9 Å². The highest BCUT2D eigenvalue weighted by atomic mass is 32.2. The van der Waals surface area contributed by atoms with E-state index in [4.69, 9.17) is 14.2 Å². The molecule has 1 N–H and O–H groups in total. The molecule has 3 aromatic carbocycles. The van der Waals surface area contributed by atoms with Gasteiger partial charge in [0.05, 0.1) is 42.0 Å². The number of ether oxygens (including phenoxy) is 3. The van der Waals surface area contributed by atoms with Crippen molar-refractivity contribution < 1.29 is 32.3 Å². The molecule has 12 nitrogen and oxygen atoms in total. The van der Waals surface area contributed by atoms with Crippen molar-refractivity contribution in [1.82, 2.24) is 5.43 Å². The first-order chi connectivity index (χ1) is 19.1. The lowest BCUT2D eigenvalue weighted by molar-refractivity contribution is -0.385. The maximum absolute atomic E-state index is 13.6. The molecule has 13 heteroatoms. The zero-order chi connectivity index (χ0) is 29.3. The average molecular weight is 571 g/mol. The topological polar surface area (TPSA) is 150 Å². The van der Waals surface area contributed by atoms with Gasteiger partial charge >= 0.3 is 0 Å². The molecule has 0 saturated heterocycles. The number of nitro benzene ring substituents is 1. The number of methoxy groups -OCH3 is 1. The van der Waals surface area contributed by atoms with Gasteiger partial charge < -0.3 is 14.2 Å². The number of carbonyl (C=O) groups is 1. The first-order valence-electron chi connectivity index (χ1n) is 12.2. The minimum Gasteiger partial charge on any atom is -0.497 e. The summed E-state index contributed by atoms with van der Waals surface area (Å²) < 4.78 is 44.3. The third-order valence-corrected chi connectivity index (χ3v) is 7.35. The summed E-state index contributed by atoms with van der Waals surface area (Å²) in [6.45, 7) is 5.44. The van der Waals surface area contributed by atoms with E-state index in [9.17, 15) is 23.3 Å². The lowest BCUT2D eigenvalue weighted by Gasteiger charge is -2.24. The SMILES string of the molecule is CCOc1ccc(/C=N\NC(=O)CN(c2ccc(OC)cc2)S(=O)(=O)c2ccc(C)c([N+](=O)[O-])c2)cc1OCC. The number of hydrogen-bond donors (Lipinski definition) is 1. The smallest absolute Gasteiger partial charge is 0.273 e. The number of nitro groups is 1. The Bertz CT molecular complexity index is 1490. The van der Waals surface area contributed by atoms with Crippen molar-refractivity contribution in [2.75, 3.05) is 31.2 Å². The minimum absolute atomic E-state index is 0.149. The van der Waals surface area contributed by atoms with E-state index in [1.807, 2.05) is 13.8 Å². The Hall–Kier alpha value is -4.65. The largest absolute Gasteiger partial charge is 0.497 e. The molecule has 0 radical (unpaired) electrons. The molecule has 0 heterocycles. The third-order valence-electron chi connectivity index (χ3n) is 5.58. The lowest BCUT2D eigenvalue weighted by Crippen LogP contribution is -2.39. The van der Waals surface area contributed by atoms with E-state index in [2.05, 4.69) is 10.5 Å². The van der Waals surface area contributed by atoms with Crippen LogP contribution in [0.25, 0.3) is 0 Å². The van der Waals surface area contributed by atoms with Crippen LogP contribution in [0.3, 0.4) is 0 Å². The first kappa shape index (κ1) is 29.9. The molecular formula is C27H30N4O8S. The van der Waals surface area contributed by atoms with Gasteiger partial charge in [0.1, 0.15) is 12.3 Å². The lowest BCUT2D eigenvalue weighted by atomic mass is 10.2. The van der Waals surface area contributed by atoms with E-state index in [-0.39, 0.29) is 16.3 Å². The zero-order valence-electron chi connectivity index (χ0n) is 22.5. The Labute approximate surface area is 232 Å². The number of amides is 1. The maximum Gasteiger partial charge on any atom is 0.273 e. The summed E-state index contributed by atoms with van der Waals surface area (Å²) in [6.07, 6.45) is 1.38. The van der Waals surface area contributed by atoms with Crippen molar-refractivity contribution in [3.8, 4) is 17.2 Å². The van der Waals surface area contributed by atoms with Crippen LogP contribution in [-0.4, -0.2) is 52.3 Å². The molecule has 0 aliphatic heterocycles. The van der Waals surface area contributed by atoms with Crippen LogP contribution in [0.1, 0.15) is 25.0 Å². The van der Waals surface area contributed by atoms with Crippen LogP contribution in [0, 0.1) is 17.0 Å². The second-order valence-electron chi connectivity index (χ2n) is 8.28. The van der Waals surface area contributed by atoms with Gasteiger partial charge in [-0.3, -0.25) is 19.2 Å². The molecule has 0 saturated carbocycles.